The molecular formula is C16H17ClO4S. The Kier molecular flexibility index (Phi) is 5.11. The number of benzene rings is 2. The van der Waals surface area contributed by atoms with Gasteiger partial charge in [0.2, 0.25) is 0 Å². The molecule has 0 fully saturated rings. The van der Waals surface area contributed by atoms with Crippen molar-refractivity contribution in [1.29, 1.82) is 0 Å². The van der Waals surface area contributed by atoms with E-state index in [1.54, 1.807) is 30.3 Å². The number of rotatable bonds is 5. The highest BCUT2D eigenvalue weighted by molar-refractivity contribution is 7.90. The van der Waals surface area contributed by atoms with E-state index < -0.39 is 15.9 Å². The van der Waals surface area contributed by atoms with E-state index in [-0.39, 0.29) is 11.5 Å². The first-order valence-electron chi connectivity index (χ1n) is 6.64. The minimum Gasteiger partial charge on any atom is -0.490 e. The average molecular weight is 341 g/mol. The van der Waals surface area contributed by atoms with Crippen LogP contribution < -0.4 is 4.74 Å². The number of ether oxygens (including phenoxy) is 1. The van der Waals surface area contributed by atoms with Gasteiger partial charge in [0.15, 0.2) is 9.84 Å². The van der Waals surface area contributed by atoms with Crippen molar-refractivity contribution < 1.29 is 18.3 Å². The summed E-state index contributed by atoms with van der Waals surface area (Å²) in [6, 6.07) is 11.4. The van der Waals surface area contributed by atoms with Gasteiger partial charge in [0, 0.05) is 11.3 Å². The zero-order valence-electron chi connectivity index (χ0n) is 12.3. The van der Waals surface area contributed by atoms with Crippen LogP contribution in [0.1, 0.15) is 17.2 Å². The predicted molar refractivity (Wildman–Crippen MR) is 86.2 cm³/mol. The van der Waals surface area contributed by atoms with Gasteiger partial charge >= 0.3 is 0 Å². The maximum atomic E-state index is 11.4. The van der Waals surface area contributed by atoms with Gasteiger partial charge in [-0.25, -0.2) is 8.42 Å². The molecule has 0 amide bonds. The molecule has 0 spiro atoms. The maximum absolute atomic E-state index is 11.4. The van der Waals surface area contributed by atoms with Crippen LogP contribution in [0.3, 0.4) is 0 Å². The summed E-state index contributed by atoms with van der Waals surface area (Å²) < 4.78 is 28.4. The molecule has 0 aliphatic carbocycles. The summed E-state index contributed by atoms with van der Waals surface area (Å²) in [5.41, 5.74) is 1.48. The number of hydrogen-bond acceptors (Lipinski definition) is 4. The van der Waals surface area contributed by atoms with Gasteiger partial charge in [-0.3, -0.25) is 0 Å². The van der Waals surface area contributed by atoms with E-state index in [9.17, 15) is 13.5 Å². The fourth-order valence-corrected chi connectivity index (χ4v) is 2.83. The topological polar surface area (TPSA) is 63.6 Å². The summed E-state index contributed by atoms with van der Waals surface area (Å²) in [5, 5.41) is 10.7. The van der Waals surface area contributed by atoms with E-state index in [2.05, 4.69) is 0 Å². The molecular weight excluding hydrogens is 324 g/mol. The summed E-state index contributed by atoms with van der Waals surface area (Å²) in [4.78, 5) is 0.220. The van der Waals surface area contributed by atoms with Crippen LogP contribution in [0, 0.1) is 6.92 Å². The Balaban J connectivity index is 2.04. The van der Waals surface area contributed by atoms with E-state index >= 15 is 0 Å². The molecule has 2 aromatic carbocycles. The second-order valence-electron chi connectivity index (χ2n) is 5.08. The van der Waals surface area contributed by atoms with Crippen molar-refractivity contribution in [2.24, 2.45) is 0 Å². The largest absolute Gasteiger partial charge is 0.490 e. The predicted octanol–water partition coefficient (Wildman–Crippen LogP) is 3.16. The van der Waals surface area contributed by atoms with E-state index in [0.29, 0.717) is 16.3 Å². The summed E-state index contributed by atoms with van der Waals surface area (Å²) in [6.45, 7) is 1.94. The normalized spacial score (nSPS) is 12.9. The summed E-state index contributed by atoms with van der Waals surface area (Å²) in [6.07, 6.45) is 0.300. The second-order valence-corrected chi connectivity index (χ2v) is 7.53. The van der Waals surface area contributed by atoms with Crippen LogP contribution in [0.4, 0.5) is 0 Å². The van der Waals surface area contributed by atoms with Gasteiger partial charge in [-0.05, 0) is 48.4 Å². The zero-order chi connectivity index (χ0) is 16.3. The summed E-state index contributed by atoms with van der Waals surface area (Å²) in [7, 11) is -3.24. The van der Waals surface area contributed by atoms with Crippen molar-refractivity contribution in [3.05, 3.63) is 58.6 Å². The van der Waals surface area contributed by atoms with Crippen molar-refractivity contribution in [2.75, 3.05) is 12.9 Å². The molecule has 118 valence electrons. The minimum absolute atomic E-state index is 0.0701. The summed E-state index contributed by atoms with van der Waals surface area (Å²) >= 11 is 5.87. The van der Waals surface area contributed by atoms with E-state index in [4.69, 9.17) is 16.3 Å². The van der Waals surface area contributed by atoms with Crippen molar-refractivity contribution in [1.82, 2.24) is 0 Å². The molecule has 0 saturated carbocycles. The Bertz CT molecular complexity index is 754. The number of halogens is 1. The summed E-state index contributed by atoms with van der Waals surface area (Å²) in [5.74, 6) is 0.649. The Hall–Kier alpha value is -1.56. The third-order valence-corrected chi connectivity index (χ3v) is 4.59. The molecule has 0 bridgehead atoms. The molecule has 6 heteroatoms. The Morgan fingerprint density at radius 3 is 2.36 bits per heavy atom. The highest BCUT2D eigenvalue weighted by Gasteiger charge is 2.12. The molecule has 0 saturated heterocycles. The molecule has 0 heterocycles. The zero-order valence-corrected chi connectivity index (χ0v) is 13.9. The SMILES string of the molecule is Cc1cc(Cl)ccc1OCC(O)c1ccc(S(C)(=O)=O)cc1. The number of sulfone groups is 1. The first-order valence-corrected chi connectivity index (χ1v) is 8.91. The van der Waals surface area contributed by atoms with Gasteiger partial charge in [0.05, 0.1) is 4.90 Å². The van der Waals surface area contributed by atoms with Crippen LogP contribution >= 0.6 is 11.6 Å². The molecule has 22 heavy (non-hydrogen) atoms. The average Bonchev–Trinajstić information content (AvgIpc) is 2.45. The van der Waals surface area contributed by atoms with Crippen molar-refractivity contribution in [2.45, 2.75) is 17.9 Å². The minimum atomic E-state index is -3.24. The van der Waals surface area contributed by atoms with E-state index in [0.717, 1.165) is 11.8 Å². The van der Waals surface area contributed by atoms with Crippen LogP contribution in [0.2, 0.25) is 5.02 Å². The van der Waals surface area contributed by atoms with E-state index in [1.807, 2.05) is 6.92 Å². The lowest BCUT2D eigenvalue weighted by Crippen LogP contribution is -2.10. The smallest absolute Gasteiger partial charge is 0.175 e. The molecule has 2 rings (SSSR count). The molecule has 0 radical (unpaired) electrons. The third-order valence-electron chi connectivity index (χ3n) is 3.23. The lowest BCUT2D eigenvalue weighted by atomic mass is 10.1. The Morgan fingerprint density at radius 1 is 1.18 bits per heavy atom. The van der Waals surface area contributed by atoms with Gasteiger partial charge in [-0.15, -0.1) is 0 Å². The molecule has 0 aromatic heterocycles. The van der Waals surface area contributed by atoms with Crippen molar-refractivity contribution in [3.8, 4) is 5.75 Å². The van der Waals surface area contributed by atoms with Crippen LogP contribution in [0.25, 0.3) is 0 Å². The Morgan fingerprint density at radius 2 is 1.82 bits per heavy atom. The van der Waals surface area contributed by atoms with Gasteiger partial charge in [0.25, 0.3) is 0 Å². The molecule has 1 N–H and O–H groups in total. The Labute approximate surface area is 135 Å². The molecule has 0 aliphatic heterocycles. The molecule has 2 aromatic rings. The first kappa shape index (κ1) is 16.8. The lowest BCUT2D eigenvalue weighted by Gasteiger charge is -2.14. The third kappa shape index (κ3) is 4.22. The molecule has 0 aliphatic rings. The highest BCUT2D eigenvalue weighted by atomic mass is 35.5. The van der Waals surface area contributed by atoms with Gasteiger partial charge < -0.3 is 9.84 Å². The lowest BCUT2D eigenvalue weighted by molar-refractivity contribution is 0.108. The highest BCUT2D eigenvalue weighted by Crippen LogP contribution is 2.24. The van der Waals surface area contributed by atoms with Crippen LogP contribution in [0.15, 0.2) is 47.4 Å². The maximum Gasteiger partial charge on any atom is 0.175 e. The van der Waals surface area contributed by atoms with Crippen molar-refractivity contribution in [3.63, 3.8) is 0 Å². The van der Waals surface area contributed by atoms with Crippen LogP contribution in [0.5, 0.6) is 5.75 Å². The molecule has 1 unspecified atom stereocenters. The number of aliphatic hydroxyl groups is 1. The number of hydrogen-bond donors (Lipinski definition) is 1. The number of aliphatic hydroxyl groups excluding tert-OH is 1. The van der Waals surface area contributed by atoms with Crippen LogP contribution in [-0.2, 0) is 9.84 Å². The standard InChI is InChI=1S/C16H17ClO4S/c1-11-9-13(17)5-8-16(11)21-10-15(18)12-3-6-14(7-4-12)22(2,19)20/h3-9,15,18H,10H2,1-2H3. The van der Waals surface area contributed by atoms with Gasteiger partial charge in [-0.2, -0.15) is 0 Å². The van der Waals surface area contributed by atoms with E-state index in [1.165, 1.54) is 12.1 Å². The van der Waals surface area contributed by atoms with Gasteiger partial charge in [-0.1, -0.05) is 23.7 Å². The number of aryl methyl sites for hydroxylation is 1. The monoisotopic (exact) mass is 340 g/mol. The fraction of sp³-hybridized carbons (Fsp3) is 0.250. The van der Waals surface area contributed by atoms with Crippen LogP contribution in [-0.4, -0.2) is 26.4 Å². The van der Waals surface area contributed by atoms with Gasteiger partial charge in [0.1, 0.15) is 18.5 Å². The molecule has 1 atom stereocenters. The quantitative estimate of drug-likeness (QED) is 0.908. The molecule has 4 nitrogen and oxygen atoms in total. The second kappa shape index (κ2) is 6.69. The van der Waals surface area contributed by atoms with Crippen molar-refractivity contribution >= 4 is 21.4 Å². The fourth-order valence-electron chi connectivity index (χ4n) is 1.98. The first-order chi connectivity index (χ1) is 10.3.